The highest BCUT2D eigenvalue weighted by Crippen LogP contribution is 2.34. The molecule has 1 saturated carbocycles. The molecule has 1 heteroatoms. The molecule has 1 nitrogen and oxygen atoms in total. The van der Waals surface area contributed by atoms with E-state index >= 15 is 0 Å². The molecule has 0 aromatic heterocycles. The molecule has 0 spiro atoms. The van der Waals surface area contributed by atoms with E-state index in [0.717, 1.165) is 18.8 Å². The van der Waals surface area contributed by atoms with Crippen LogP contribution in [0.1, 0.15) is 46.0 Å². The Hall–Kier alpha value is -0.330. The molecule has 1 rings (SSSR count). The van der Waals surface area contributed by atoms with E-state index in [1.165, 1.54) is 19.3 Å². The topological polar surface area (TPSA) is 17.1 Å². The summed E-state index contributed by atoms with van der Waals surface area (Å²) in [5.41, 5.74) is 0. The van der Waals surface area contributed by atoms with Gasteiger partial charge in [-0.3, -0.25) is 4.79 Å². The van der Waals surface area contributed by atoms with E-state index < -0.39 is 0 Å². The Morgan fingerprint density at radius 2 is 2.18 bits per heavy atom. The molecule has 0 saturated heterocycles. The number of rotatable bonds is 4. The van der Waals surface area contributed by atoms with Gasteiger partial charge in [0.05, 0.1) is 0 Å². The van der Waals surface area contributed by atoms with Crippen molar-refractivity contribution in [3.8, 4) is 0 Å². The third kappa shape index (κ3) is 2.32. The largest absolute Gasteiger partial charge is 0.300 e. The molecule has 0 aromatic carbocycles. The SMILES string of the molecule is CCC(=O)CC(C)C1CCC1. The van der Waals surface area contributed by atoms with Crippen molar-refractivity contribution in [1.29, 1.82) is 0 Å². The first kappa shape index (κ1) is 8.76. The summed E-state index contributed by atoms with van der Waals surface area (Å²) in [6, 6.07) is 0. The van der Waals surface area contributed by atoms with Crippen LogP contribution in [0.4, 0.5) is 0 Å². The first-order valence-corrected chi connectivity index (χ1v) is 4.75. The van der Waals surface area contributed by atoms with Crippen molar-refractivity contribution in [3.05, 3.63) is 0 Å². The Morgan fingerprint density at radius 3 is 2.55 bits per heavy atom. The molecule has 0 amide bonds. The average Bonchev–Trinajstić information content (AvgIpc) is 1.83. The smallest absolute Gasteiger partial charge is 0.132 e. The third-order valence-electron chi connectivity index (χ3n) is 2.90. The second kappa shape index (κ2) is 3.89. The maximum absolute atomic E-state index is 11.1. The summed E-state index contributed by atoms with van der Waals surface area (Å²) in [5.74, 6) is 1.95. The molecule has 0 radical (unpaired) electrons. The predicted octanol–water partition coefficient (Wildman–Crippen LogP) is 2.79. The highest BCUT2D eigenvalue weighted by Gasteiger charge is 2.24. The summed E-state index contributed by atoms with van der Waals surface area (Å²) in [4.78, 5) is 11.1. The molecule has 0 heterocycles. The number of hydrogen-bond donors (Lipinski definition) is 0. The minimum absolute atomic E-state index is 0.435. The lowest BCUT2D eigenvalue weighted by atomic mass is 9.75. The normalized spacial score (nSPS) is 20.9. The molecule has 0 aromatic rings. The standard InChI is InChI=1S/C10H18O/c1-3-10(11)7-8(2)9-5-4-6-9/h8-9H,3-7H2,1-2H3. The number of hydrogen-bond acceptors (Lipinski definition) is 1. The molecule has 0 N–H and O–H groups in total. The van der Waals surface area contributed by atoms with Gasteiger partial charge >= 0.3 is 0 Å². The minimum Gasteiger partial charge on any atom is -0.300 e. The van der Waals surface area contributed by atoms with Gasteiger partial charge in [0.25, 0.3) is 0 Å². The molecule has 1 aliphatic carbocycles. The van der Waals surface area contributed by atoms with Gasteiger partial charge in [-0.1, -0.05) is 33.1 Å². The van der Waals surface area contributed by atoms with Crippen molar-refractivity contribution < 1.29 is 4.79 Å². The van der Waals surface area contributed by atoms with Crippen molar-refractivity contribution in [2.45, 2.75) is 46.0 Å². The fourth-order valence-electron chi connectivity index (χ4n) is 1.68. The van der Waals surface area contributed by atoms with E-state index in [-0.39, 0.29) is 0 Å². The van der Waals surface area contributed by atoms with Crippen LogP contribution in [0.2, 0.25) is 0 Å². The Bertz CT molecular complexity index is 136. The molecule has 0 bridgehead atoms. The van der Waals surface area contributed by atoms with E-state index in [0.29, 0.717) is 11.7 Å². The van der Waals surface area contributed by atoms with Crippen molar-refractivity contribution >= 4 is 5.78 Å². The van der Waals surface area contributed by atoms with Gasteiger partial charge in [0.1, 0.15) is 5.78 Å². The van der Waals surface area contributed by atoms with Crippen LogP contribution in [0.15, 0.2) is 0 Å². The Balaban J connectivity index is 2.19. The highest BCUT2D eigenvalue weighted by atomic mass is 16.1. The summed E-state index contributed by atoms with van der Waals surface area (Å²) in [7, 11) is 0. The van der Waals surface area contributed by atoms with E-state index in [9.17, 15) is 4.79 Å². The molecule has 1 atom stereocenters. The summed E-state index contributed by atoms with van der Waals surface area (Å²) >= 11 is 0. The second-order valence-electron chi connectivity index (χ2n) is 3.76. The highest BCUT2D eigenvalue weighted by molar-refractivity contribution is 5.78. The van der Waals surface area contributed by atoms with Gasteiger partial charge in [0.15, 0.2) is 0 Å². The van der Waals surface area contributed by atoms with Crippen molar-refractivity contribution in [1.82, 2.24) is 0 Å². The fraction of sp³-hybridized carbons (Fsp3) is 0.900. The first-order chi connectivity index (χ1) is 5.24. The summed E-state index contributed by atoms with van der Waals surface area (Å²) in [6.45, 7) is 4.17. The number of carbonyl (C=O) groups excluding carboxylic acids is 1. The average molecular weight is 154 g/mol. The monoisotopic (exact) mass is 154 g/mol. The van der Waals surface area contributed by atoms with Gasteiger partial charge in [-0.25, -0.2) is 0 Å². The molecule has 1 aliphatic rings. The van der Waals surface area contributed by atoms with E-state index in [4.69, 9.17) is 0 Å². The fourth-order valence-corrected chi connectivity index (χ4v) is 1.68. The van der Waals surface area contributed by atoms with Crippen LogP contribution in [0.3, 0.4) is 0 Å². The van der Waals surface area contributed by atoms with Gasteiger partial charge in [0, 0.05) is 12.8 Å². The summed E-state index contributed by atoms with van der Waals surface area (Å²) in [6.07, 6.45) is 5.64. The van der Waals surface area contributed by atoms with Crippen LogP contribution >= 0.6 is 0 Å². The van der Waals surface area contributed by atoms with Crippen molar-refractivity contribution in [2.24, 2.45) is 11.8 Å². The van der Waals surface area contributed by atoms with Gasteiger partial charge in [-0.2, -0.15) is 0 Å². The van der Waals surface area contributed by atoms with Gasteiger partial charge in [-0.15, -0.1) is 0 Å². The molecule has 64 valence electrons. The number of carbonyl (C=O) groups is 1. The maximum Gasteiger partial charge on any atom is 0.132 e. The Morgan fingerprint density at radius 1 is 1.55 bits per heavy atom. The summed E-state index contributed by atoms with van der Waals surface area (Å²) < 4.78 is 0. The number of Topliss-reactive ketones (excluding diaryl/α,β-unsaturated/α-hetero) is 1. The quantitative estimate of drug-likeness (QED) is 0.608. The lowest BCUT2D eigenvalue weighted by Crippen LogP contribution is -2.21. The molecule has 11 heavy (non-hydrogen) atoms. The maximum atomic E-state index is 11.1. The van der Waals surface area contributed by atoms with E-state index in [1.807, 2.05) is 6.92 Å². The van der Waals surface area contributed by atoms with Crippen LogP contribution in [0.5, 0.6) is 0 Å². The predicted molar refractivity (Wildman–Crippen MR) is 46.4 cm³/mol. The lowest BCUT2D eigenvalue weighted by Gasteiger charge is -2.30. The molecule has 1 unspecified atom stereocenters. The van der Waals surface area contributed by atoms with Gasteiger partial charge in [0.2, 0.25) is 0 Å². The lowest BCUT2D eigenvalue weighted by molar-refractivity contribution is -0.120. The second-order valence-corrected chi connectivity index (χ2v) is 3.76. The molecule has 1 fully saturated rings. The van der Waals surface area contributed by atoms with Crippen LogP contribution < -0.4 is 0 Å². The van der Waals surface area contributed by atoms with Crippen LogP contribution in [-0.2, 0) is 4.79 Å². The Labute approximate surface area is 69.2 Å². The van der Waals surface area contributed by atoms with Gasteiger partial charge in [-0.05, 0) is 11.8 Å². The van der Waals surface area contributed by atoms with Gasteiger partial charge < -0.3 is 0 Å². The van der Waals surface area contributed by atoms with Crippen molar-refractivity contribution in [3.63, 3.8) is 0 Å². The first-order valence-electron chi connectivity index (χ1n) is 4.75. The number of ketones is 1. The van der Waals surface area contributed by atoms with Crippen molar-refractivity contribution in [2.75, 3.05) is 0 Å². The zero-order chi connectivity index (χ0) is 8.27. The minimum atomic E-state index is 0.435. The van der Waals surface area contributed by atoms with E-state index in [1.54, 1.807) is 0 Å². The van der Waals surface area contributed by atoms with Crippen LogP contribution in [0, 0.1) is 11.8 Å². The van der Waals surface area contributed by atoms with Crippen LogP contribution in [-0.4, -0.2) is 5.78 Å². The van der Waals surface area contributed by atoms with Crippen LogP contribution in [0.25, 0.3) is 0 Å². The molecular formula is C10H18O. The zero-order valence-corrected chi connectivity index (χ0v) is 7.60. The van der Waals surface area contributed by atoms with E-state index in [2.05, 4.69) is 6.92 Å². The zero-order valence-electron chi connectivity index (χ0n) is 7.60. The third-order valence-corrected chi connectivity index (χ3v) is 2.90. The molecule has 0 aliphatic heterocycles. The Kier molecular flexibility index (Phi) is 3.10. The molecular weight excluding hydrogens is 136 g/mol. The summed E-state index contributed by atoms with van der Waals surface area (Å²) in [5, 5.41) is 0.